The molecule has 0 saturated heterocycles. The summed E-state index contributed by atoms with van der Waals surface area (Å²) in [5, 5.41) is 19.0. The van der Waals surface area contributed by atoms with Crippen molar-refractivity contribution in [1.29, 1.82) is 0 Å². The first-order chi connectivity index (χ1) is 6.13. The Labute approximate surface area is 92.7 Å². The summed E-state index contributed by atoms with van der Waals surface area (Å²) in [5.41, 5.74) is 0.218. The predicted molar refractivity (Wildman–Crippen MR) is 41.8 cm³/mol. The molecule has 1 N–H and O–H groups in total. The topological polar surface area (TPSA) is 77.4 Å². The Hall–Kier alpha value is -1.24. The van der Waals surface area contributed by atoms with E-state index < -0.39 is 17.9 Å². The van der Waals surface area contributed by atoms with Gasteiger partial charge in [-0.1, -0.05) is 30.3 Å². The van der Waals surface area contributed by atoms with Crippen molar-refractivity contribution >= 4 is 11.9 Å². The molecule has 14 heavy (non-hydrogen) atoms. The van der Waals surface area contributed by atoms with Gasteiger partial charge in [-0.25, -0.2) is 0 Å². The van der Waals surface area contributed by atoms with Crippen LogP contribution in [0, 0.1) is 0 Å². The molecule has 0 radical (unpaired) electrons. The molecule has 5 heteroatoms. The summed E-state index contributed by atoms with van der Waals surface area (Å²) >= 11 is 0. The van der Waals surface area contributed by atoms with Crippen LogP contribution in [0.3, 0.4) is 0 Å². The predicted octanol–water partition coefficient (Wildman–Crippen LogP) is -3.39. The van der Waals surface area contributed by atoms with Crippen molar-refractivity contribution in [2.45, 2.75) is 5.92 Å². The third-order valence-corrected chi connectivity index (χ3v) is 1.62. The zero-order chi connectivity index (χ0) is 9.84. The molecule has 0 heterocycles. The Balaban J connectivity index is 0.00000169. The quantitative estimate of drug-likeness (QED) is 0.394. The molecule has 0 bridgehead atoms. The normalized spacial score (nSPS) is 11.1. The largest absolute Gasteiger partial charge is 1.00 e. The van der Waals surface area contributed by atoms with Gasteiger partial charge in [0.25, 0.3) is 0 Å². The van der Waals surface area contributed by atoms with Crippen LogP contribution in [-0.2, 0) is 9.59 Å². The minimum absolute atomic E-state index is 0. The Kier molecular flexibility index (Phi) is 4.99. The zero-order valence-electron chi connectivity index (χ0n) is 7.64. The summed E-state index contributed by atoms with van der Waals surface area (Å²) in [5.74, 6) is -4.59. The number of benzene rings is 1. The minimum atomic E-state index is -1.60. The van der Waals surface area contributed by atoms with Gasteiger partial charge in [-0.2, -0.15) is 0 Å². The fraction of sp³-hybridized carbons (Fsp3) is 0.111. The number of carbonyl (C=O) groups excluding carboxylic acids is 1. The average molecular weight is 186 g/mol. The number of hydrogen-bond donors (Lipinski definition) is 1. The second-order valence-electron chi connectivity index (χ2n) is 2.50. The van der Waals surface area contributed by atoms with E-state index >= 15 is 0 Å². The van der Waals surface area contributed by atoms with E-state index in [0.717, 1.165) is 0 Å². The molecular weight excluding hydrogens is 179 g/mol. The summed E-state index contributed by atoms with van der Waals surface area (Å²) in [7, 11) is 0. The van der Waals surface area contributed by atoms with Gasteiger partial charge in [0.05, 0.1) is 5.97 Å². The van der Waals surface area contributed by atoms with Gasteiger partial charge in [-0.3, -0.25) is 4.79 Å². The number of rotatable bonds is 3. The van der Waals surface area contributed by atoms with E-state index in [0.29, 0.717) is 0 Å². The molecule has 1 rings (SSSR count). The number of hydrogen-bond acceptors (Lipinski definition) is 3. The van der Waals surface area contributed by atoms with Gasteiger partial charge in [0, 0.05) is 0 Å². The van der Waals surface area contributed by atoms with Crippen molar-refractivity contribution in [3.63, 3.8) is 0 Å². The first-order valence-corrected chi connectivity index (χ1v) is 3.61. The monoisotopic (exact) mass is 186 g/mol. The van der Waals surface area contributed by atoms with Crippen LogP contribution in [0.5, 0.6) is 0 Å². The van der Waals surface area contributed by atoms with Crippen molar-refractivity contribution in [1.82, 2.24) is 0 Å². The van der Waals surface area contributed by atoms with Crippen molar-refractivity contribution in [3.8, 4) is 0 Å². The molecule has 0 fully saturated rings. The van der Waals surface area contributed by atoms with Crippen molar-refractivity contribution in [2.24, 2.45) is 0 Å². The first-order valence-electron chi connectivity index (χ1n) is 3.61. The number of carboxylic acid groups (broad SMARTS) is 2. The van der Waals surface area contributed by atoms with Crippen molar-refractivity contribution in [3.05, 3.63) is 35.9 Å². The van der Waals surface area contributed by atoms with E-state index in [2.05, 4.69) is 0 Å². The Morgan fingerprint density at radius 2 is 1.71 bits per heavy atom. The molecule has 1 atom stereocenters. The molecule has 0 saturated carbocycles. The van der Waals surface area contributed by atoms with Crippen LogP contribution in [0.25, 0.3) is 0 Å². The van der Waals surface area contributed by atoms with E-state index in [4.69, 9.17) is 5.11 Å². The number of aliphatic carboxylic acids is 2. The molecule has 0 aliphatic heterocycles. The third-order valence-electron chi connectivity index (χ3n) is 1.62. The molecule has 1 unspecified atom stereocenters. The average Bonchev–Trinajstić information content (AvgIpc) is 2.04. The van der Waals surface area contributed by atoms with Crippen molar-refractivity contribution in [2.75, 3.05) is 0 Å². The fourth-order valence-corrected chi connectivity index (χ4v) is 1.02. The zero-order valence-corrected chi connectivity index (χ0v) is 7.64. The standard InChI is InChI=1S/C9H8O4.Li/c10-8(11)7(9(12)13)6-4-2-1-3-5-6;/h1-5,7H,(H,10,11)(H,12,13);/q;+1/p-1. The minimum Gasteiger partial charge on any atom is -0.549 e. The summed E-state index contributed by atoms with van der Waals surface area (Å²) in [4.78, 5) is 21.0. The molecule has 0 aliphatic carbocycles. The molecule has 0 amide bonds. The summed E-state index contributed by atoms with van der Waals surface area (Å²) in [6, 6.07) is 7.71. The van der Waals surface area contributed by atoms with E-state index in [1.54, 1.807) is 18.2 Å². The van der Waals surface area contributed by atoms with Gasteiger partial charge in [0.1, 0.15) is 5.92 Å². The van der Waals surface area contributed by atoms with Crippen LogP contribution in [0.4, 0.5) is 0 Å². The van der Waals surface area contributed by atoms with Crippen LogP contribution in [0.1, 0.15) is 11.5 Å². The maximum atomic E-state index is 10.5. The van der Waals surface area contributed by atoms with Gasteiger partial charge >= 0.3 is 24.8 Å². The van der Waals surface area contributed by atoms with Gasteiger partial charge in [0.2, 0.25) is 0 Å². The molecule has 4 nitrogen and oxygen atoms in total. The molecule has 0 aliphatic rings. The molecule has 68 valence electrons. The smallest absolute Gasteiger partial charge is 0.549 e. The van der Waals surface area contributed by atoms with Crippen molar-refractivity contribution < 1.29 is 38.7 Å². The SMILES string of the molecule is O=C([O-])C(C(=O)O)c1ccccc1.[Li+]. The summed E-state index contributed by atoms with van der Waals surface area (Å²) in [6.45, 7) is 0. The summed E-state index contributed by atoms with van der Waals surface area (Å²) < 4.78 is 0. The van der Waals surface area contributed by atoms with E-state index in [-0.39, 0.29) is 24.4 Å². The summed E-state index contributed by atoms with van der Waals surface area (Å²) in [6.07, 6.45) is 0. The Morgan fingerprint density at radius 3 is 2.07 bits per heavy atom. The van der Waals surface area contributed by atoms with Gasteiger partial charge in [0.15, 0.2) is 0 Å². The van der Waals surface area contributed by atoms with Gasteiger partial charge in [-0.15, -0.1) is 0 Å². The molecule has 1 aromatic carbocycles. The van der Waals surface area contributed by atoms with E-state index in [9.17, 15) is 14.7 Å². The first kappa shape index (κ1) is 12.8. The van der Waals surface area contributed by atoms with Gasteiger partial charge < -0.3 is 15.0 Å². The maximum absolute atomic E-state index is 10.5. The Morgan fingerprint density at radius 1 is 1.21 bits per heavy atom. The molecule has 1 aromatic rings. The van der Waals surface area contributed by atoms with Crippen LogP contribution >= 0.6 is 0 Å². The van der Waals surface area contributed by atoms with E-state index in [1.165, 1.54) is 12.1 Å². The van der Waals surface area contributed by atoms with Crippen LogP contribution in [-0.4, -0.2) is 17.0 Å². The second-order valence-corrected chi connectivity index (χ2v) is 2.50. The second kappa shape index (κ2) is 5.48. The van der Waals surface area contributed by atoms with Crippen LogP contribution < -0.4 is 24.0 Å². The molecule has 0 spiro atoms. The number of carbonyl (C=O) groups is 2. The third kappa shape index (κ3) is 2.91. The number of carboxylic acids is 2. The fourth-order valence-electron chi connectivity index (χ4n) is 1.02. The van der Waals surface area contributed by atoms with Crippen LogP contribution in [0.15, 0.2) is 30.3 Å². The van der Waals surface area contributed by atoms with E-state index in [1.807, 2.05) is 0 Å². The van der Waals surface area contributed by atoms with Gasteiger partial charge in [-0.05, 0) is 5.56 Å². The van der Waals surface area contributed by atoms with Crippen LogP contribution in [0.2, 0.25) is 0 Å². The molecule has 0 aromatic heterocycles. The maximum Gasteiger partial charge on any atom is 1.00 e. The Bertz CT molecular complexity index is 309. The molecular formula is C9H7LiO4.